The Bertz CT molecular complexity index is 1570. The summed E-state index contributed by atoms with van der Waals surface area (Å²) in [5.74, 6) is 2.15. The highest BCUT2D eigenvalue weighted by Crippen LogP contribution is 2.43. The summed E-state index contributed by atoms with van der Waals surface area (Å²) in [4.78, 5) is 28.0. The number of carbonyl (C=O) groups excluding carboxylic acids is 1. The fourth-order valence-corrected chi connectivity index (χ4v) is 6.98. The lowest BCUT2D eigenvalue weighted by atomic mass is 9.97. The van der Waals surface area contributed by atoms with Crippen LogP contribution in [0.3, 0.4) is 0 Å². The Balaban J connectivity index is 1.21. The molecule has 2 bridgehead atoms. The molecule has 0 spiro atoms. The Hall–Kier alpha value is -3.92. The van der Waals surface area contributed by atoms with Crippen molar-refractivity contribution in [3.05, 3.63) is 47.8 Å². The van der Waals surface area contributed by atoms with Crippen LogP contribution in [-0.2, 0) is 7.05 Å². The van der Waals surface area contributed by atoms with Crippen molar-refractivity contribution in [3.8, 4) is 17.1 Å². The number of likely N-dealkylation sites (tertiary alicyclic amines) is 1. The molecule has 1 amide bonds. The third kappa shape index (κ3) is 5.92. The van der Waals surface area contributed by atoms with Crippen molar-refractivity contribution in [2.75, 3.05) is 41.8 Å². The fourth-order valence-electron chi connectivity index (χ4n) is 6.98. The number of aliphatic imine (C=N–C) groups is 1. The van der Waals surface area contributed by atoms with E-state index in [4.69, 9.17) is 14.7 Å². The number of guanidine groups is 1. The quantitative estimate of drug-likeness (QED) is 0.396. The highest BCUT2D eigenvalue weighted by atomic mass is 16.5. The van der Waals surface area contributed by atoms with Gasteiger partial charge < -0.3 is 25.2 Å². The summed E-state index contributed by atoms with van der Waals surface area (Å²) in [7, 11) is 1.88. The van der Waals surface area contributed by atoms with Crippen LogP contribution in [0.25, 0.3) is 11.3 Å². The highest BCUT2D eigenvalue weighted by Gasteiger charge is 2.36. The molecule has 3 aromatic rings. The summed E-state index contributed by atoms with van der Waals surface area (Å²) < 4.78 is 8.05. The molecule has 2 N–H and O–H groups in total. The van der Waals surface area contributed by atoms with Gasteiger partial charge in [-0.2, -0.15) is 10.1 Å². The van der Waals surface area contributed by atoms with E-state index in [0.717, 1.165) is 73.6 Å². The predicted octanol–water partition coefficient (Wildman–Crippen LogP) is 5.70. The number of hydrogen-bond acceptors (Lipinski definition) is 8. The molecule has 5 heterocycles. The lowest BCUT2D eigenvalue weighted by Gasteiger charge is -2.35. The summed E-state index contributed by atoms with van der Waals surface area (Å²) in [6.45, 7) is 10.1. The Kier molecular flexibility index (Phi) is 7.78. The standard InChI is InChI=1S/C34H44N8O2/c1-21(2)41-13-11-26(12-14-41)37-27-9-10-29-31(18-27)42-20-24(23-7-8-23)6-5-15-44-33-28(19-35-40(33)4)30-17-25(16-22(3)36-30)32(43)39-34(42)38-29/h9-10,16-19,21,23-24,26,37H,5-8,11-15,20H2,1-4H3,(H,38,39,43)/t24-/m1/s1. The van der Waals surface area contributed by atoms with Gasteiger partial charge in [0.05, 0.1) is 35.4 Å². The molecule has 1 saturated carbocycles. The number of ether oxygens (including phenoxy) is 1. The van der Waals surface area contributed by atoms with E-state index in [9.17, 15) is 4.79 Å². The third-order valence-electron chi connectivity index (χ3n) is 9.65. The van der Waals surface area contributed by atoms with Gasteiger partial charge in [0, 0.05) is 55.7 Å². The minimum atomic E-state index is -0.295. The second-order valence-corrected chi connectivity index (χ2v) is 13.2. The van der Waals surface area contributed by atoms with Crippen LogP contribution in [0.15, 0.2) is 41.5 Å². The fraction of sp³-hybridized carbons (Fsp3) is 0.529. The Morgan fingerprint density at radius 2 is 1.86 bits per heavy atom. The van der Waals surface area contributed by atoms with E-state index in [2.05, 4.69) is 57.6 Å². The van der Waals surface area contributed by atoms with Gasteiger partial charge in [-0.05, 0) is 101 Å². The molecule has 2 fully saturated rings. The number of hydrogen-bond donors (Lipinski definition) is 2. The first-order valence-corrected chi connectivity index (χ1v) is 16.3. The van der Waals surface area contributed by atoms with Crippen LogP contribution < -0.4 is 20.3 Å². The van der Waals surface area contributed by atoms with E-state index < -0.39 is 0 Å². The minimum absolute atomic E-state index is 0.295. The van der Waals surface area contributed by atoms with Crippen molar-refractivity contribution >= 4 is 28.9 Å². The van der Waals surface area contributed by atoms with Crippen LogP contribution in [0.2, 0.25) is 0 Å². The van der Waals surface area contributed by atoms with Gasteiger partial charge in [0.2, 0.25) is 11.8 Å². The molecule has 0 unspecified atom stereocenters. The summed E-state index contributed by atoms with van der Waals surface area (Å²) >= 11 is 0. The molecule has 232 valence electrons. The predicted molar refractivity (Wildman–Crippen MR) is 175 cm³/mol. The van der Waals surface area contributed by atoms with Gasteiger partial charge in [-0.3, -0.25) is 9.78 Å². The van der Waals surface area contributed by atoms with Gasteiger partial charge in [-0.1, -0.05) is 0 Å². The number of nitrogens with one attached hydrogen (secondary N) is 2. The molecule has 4 aliphatic rings. The molecule has 10 nitrogen and oxygen atoms in total. The molecular weight excluding hydrogens is 552 g/mol. The van der Waals surface area contributed by atoms with E-state index in [1.165, 1.54) is 12.8 Å². The molecule has 1 aromatic carbocycles. The first kappa shape index (κ1) is 28.8. The maximum Gasteiger partial charge on any atom is 0.280 e. The number of piperidine rings is 1. The zero-order valence-corrected chi connectivity index (χ0v) is 26.3. The smallest absolute Gasteiger partial charge is 0.280 e. The lowest BCUT2D eigenvalue weighted by molar-refractivity contribution is 0.100. The van der Waals surface area contributed by atoms with Gasteiger partial charge in [0.1, 0.15) is 0 Å². The van der Waals surface area contributed by atoms with Gasteiger partial charge in [-0.25, -0.2) is 4.68 Å². The van der Waals surface area contributed by atoms with Crippen LogP contribution in [0.1, 0.15) is 68.4 Å². The summed E-state index contributed by atoms with van der Waals surface area (Å²) in [5, 5.41) is 11.7. The van der Waals surface area contributed by atoms with Crippen molar-refractivity contribution < 1.29 is 9.53 Å². The zero-order valence-electron chi connectivity index (χ0n) is 26.3. The number of anilines is 3. The van der Waals surface area contributed by atoms with Crippen molar-refractivity contribution in [1.82, 2.24) is 19.7 Å². The molecule has 7 rings (SSSR count). The molecule has 1 saturated heterocycles. The van der Waals surface area contributed by atoms with E-state index in [1.54, 1.807) is 23.0 Å². The first-order chi connectivity index (χ1) is 21.3. The van der Waals surface area contributed by atoms with Crippen LogP contribution >= 0.6 is 0 Å². The van der Waals surface area contributed by atoms with Crippen molar-refractivity contribution in [3.63, 3.8) is 0 Å². The van der Waals surface area contributed by atoms with Crippen LogP contribution in [0, 0.1) is 18.8 Å². The molecule has 2 aromatic heterocycles. The largest absolute Gasteiger partial charge is 0.477 e. The molecule has 3 aliphatic heterocycles. The highest BCUT2D eigenvalue weighted by molar-refractivity contribution is 6.19. The van der Waals surface area contributed by atoms with Crippen LogP contribution in [-0.4, -0.2) is 69.9 Å². The van der Waals surface area contributed by atoms with Crippen LogP contribution in [0.5, 0.6) is 5.88 Å². The maximum atomic E-state index is 13.8. The number of nitrogens with zero attached hydrogens (tertiary/aromatic N) is 6. The number of pyridine rings is 1. The van der Waals surface area contributed by atoms with Crippen molar-refractivity contribution in [1.29, 1.82) is 0 Å². The molecule has 44 heavy (non-hydrogen) atoms. The monoisotopic (exact) mass is 596 g/mol. The number of rotatable bonds is 4. The number of aryl methyl sites for hydroxylation is 2. The molecule has 1 atom stereocenters. The zero-order chi connectivity index (χ0) is 30.4. The topological polar surface area (TPSA) is 99.9 Å². The van der Waals surface area contributed by atoms with E-state index in [0.29, 0.717) is 53.6 Å². The summed E-state index contributed by atoms with van der Waals surface area (Å²) in [6, 6.07) is 11.2. The number of carbonyl (C=O) groups is 1. The number of amides is 1. The molecule has 0 radical (unpaired) electrons. The maximum absolute atomic E-state index is 13.8. The third-order valence-corrected chi connectivity index (χ3v) is 9.65. The van der Waals surface area contributed by atoms with Gasteiger partial charge in [0.15, 0.2) is 0 Å². The average Bonchev–Trinajstić information content (AvgIpc) is 3.71. The number of fused-ring (bicyclic) bond motifs is 7. The Labute approximate surface area is 259 Å². The van der Waals surface area contributed by atoms with E-state index in [-0.39, 0.29) is 5.91 Å². The second-order valence-electron chi connectivity index (χ2n) is 13.2. The van der Waals surface area contributed by atoms with Crippen LogP contribution in [0.4, 0.5) is 17.1 Å². The number of benzene rings is 1. The van der Waals surface area contributed by atoms with E-state index >= 15 is 0 Å². The molecule has 10 heteroatoms. The van der Waals surface area contributed by atoms with Crippen molar-refractivity contribution in [2.45, 2.75) is 71.4 Å². The number of aromatic nitrogens is 3. The van der Waals surface area contributed by atoms with Gasteiger partial charge >= 0.3 is 0 Å². The van der Waals surface area contributed by atoms with E-state index in [1.807, 2.05) is 14.0 Å². The summed E-state index contributed by atoms with van der Waals surface area (Å²) in [5.41, 5.74) is 5.88. The Morgan fingerprint density at radius 3 is 2.64 bits per heavy atom. The lowest BCUT2D eigenvalue weighted by Crippen LogP contribution is -2.42. The van der Waals surface area contributed by atoms with Crippen molar-refractivity contribution in [2.24, 2.45) is 23.9 Å². The minimum Gasteiger partial charge on any atom is -0.477 e. The second kappa shape index (κ2) is 11.9. The normalized spacial score (nSPS) is 22.6. The van der Waals surface area contributed by atoms with Gasteiger partial charge in [-0.15, -0.1) is 0 Å². The Morgan fingerprint density at radius 1 is 1.05 bits per heavy atom. The molecular formula is C34H44N8O2. The average molecular weight is 597 g/mol. The summed E-state index contributed by atoms with van der Waals surface area (Å²) in [6.07, 6.45) is 8.53. The SMILES string of the molecule is Cc1cc2cc(n1)-c1cnn(C)c1OCCC[C@@H](C1CC1)CN1/C(=N/C2=O)Nc2ccc(NC3CCN(C(C)C)CC3)cc21. The molecule has 1 aliphatic carbocycles. The van der Waals surface area contributed by atoms with Gasteiger partial charge in [0.25, 0.3) is 5.91 Å². The first-order valence-electron chi connectivity index (χ1n) is 16.3.